The van der Waals surface area contributed by atoms with Crippen LogP contribution in [0.3, 0.4) is 0 Å². The maximum Gasteiger partial charge on any atom is 0.449 e. The van der Waals surface area contributed by atoms with Crippen LogP contribution in [0.25, 0.3) is 11.0 Å². The summed E-state index contributed by atoms with van der Waals surface area (Å²) in [6.45, 7) is -0.200. The Morgan fingerprint density at radius 2 is 1.65 bits per heavy atom. The lowest BCUT2D eigenvalue weighted by atomic mass is 10.2. The highest BCUT2D eigenvalue weighted by molar-refractivity contribution is 9.10. The van der Waals surface area contributed by atoms with Crippen molar-refractivity contribution in [1.82, 2.24) is 30.3 Å². The molecule has 13 heteroatoms. The molecule has 0 saturated heterocycles. The predicted octanol–water partition coefficient (Wildman–Crippen LogP) is 3.41. The number of amides is 2. The standard InChI is InChI=1S/C21H16BrF3N6O3/c22-13-6-2-1-5-12(13)17(32)26-9-10-27-18(33)19-29-16(30-34-19)11-31-15-8-4-3-7-14(15)28-20(31)21(23,24)25/h1-8H,9-11H2,(H,26,32)(H,27,33). The van der Waals surface area contributed by atoms with Gasteiger partial charge < -0.3 is 19.7 Å². The Hall–Kier alpha value is -3.74. The number of carbonyl (C=O) groups is 2. The highest BCUT2D eigenvalue weighted by Gasteiger charge is 2.38. The molecule has 0 aliphatic carbocycles. The van der Waals surface area contributed by atoms with Crippen molar-refractivity contribution in [3.05, 3.63) is 76.1 Å². The molecule has 4 rings (SSSR count). The van der Waals surface area contributed by atoms with E-state index in [0.717, 1.165) is 4.57 Å². The molecule has 2 heterocycles. The minimum atomic E-state index is -4.69. The first-order valence-corrected chi connectivity index (χ1v) is 10.7. The molecule has 2 aromatic heterocycles. The second kappa shape index (κ2) is 9.63. The number of para-hydroxylation sites is 2. The molecule has 0 spiro atoms. The minimum Gasteiger partial charge on any atom is -0.350 e. The Kier molecular flexibility index (Phi) is 6.63. The Morgan fingerprint density at radius 3 is 2.38 bits per heavy atom. The number of nitrogens with zero attached hydrogens (tertiary/aromatic N) is 4. The van der Waals surface area contributed by atoms with Gasteiger partial charge in [-0.1, -0.05) is 29.4 Å². The van der Waals surface area contributed by atoms with Crippen LogP contribution in [-0.2, 0) is 12.7 Å². The van der Waals surface area contributed by atoms with Crippen molar-refractivity contribution < 1.29 is 27.3 Å². The lowest BCUT2D eigenvalue weighted by molar-refractivity contribution is -0.146. The highest BCUT2D eigenvalue weighted by atomic mass is 79.9. The summed E-state index contributed by atoms with van der Waals surface area (Å²) in [6.07, 6.45) is -4.69. The normalized spacial score (nSPS) is 11.5. The summed E-state index contributed by atoms with van der Waals surface area (Å²) in [5.74, 6) is -2.69. The van der Waals surface area contributed by atoms with E-state index in [1.807, 2.05) is 0 Å². The van der Waals surface area contributed by atoms with Gasteiger partial charge in [0.2, 0.25) is 5.82 Å². The van der Waals surface area contributed by atoms with Gasteiger partial charge in [0.1, 0.15) is 0 Å². The van der Waals surface area contributed by atoms with Gasteiger partial charge in [0.15, 0.2) is 5.82 Å². The summed E-state index contributed by atoms with van der Waals surface area (Å²) in [5.41, 5.74) is 0.855. The molecular weight excluding hydrogens is 521 g/mol. The van der Waals surface area contributed by atoms with E-state index < -0.39 is 30.3 Å². The van der Waals surface area contributed by atoms with Crippen molar-refractivity contribution in [2.45, 2.75) is 12.7 Å². The van der Waals surface area contributed by atoms with Crippen molar-refractivity contribution in [3.63, 3.8) is 0 Å². The first kappa shape index (κ1) is 23.4. The number of imidazole rings is 1. The SMILES string of the molecule is O=C(NCCNC(=O)c1ccccc1Br)c1nc(Cn2c(C(F)(F)F)nc3ccccc32)no1. The molecule has 0 unspecified atom stereocenters. The van der Waals surface area contributed by atoms with Gasteiger partial charge in [0.05, 0.1) is 23.1 Å². The number of hydrogen-bond donors (Lipinski definition) is 2. The van der Waals surface area contributed by atoms with E-state index in [-0.39, 0.29) is 35.9 Å². The van der Waals surface area contributed by atoms with Crippen molar-refractivity contribution in [3.8, 4) is 0 Å². The van der Waals surface area contributed by atoms with Gasteiger partial charge in [0, 0.05) is 17.6 Å². The van der Waals surface area contributed by atoms with Crippen molar-refractivity contribution >= 4 is 38.8 Å². The first-order valence-electron chi connectivity index (χ1n) is 9.90. The van der Waals surface area contributed by atoms with E-state index in [9.17, 15) is 22.8 Å². The Bertz CT molecular complexity index is 1350. The van der Waals surface area contributed by atoms with E-state index in [1.54, 1.807) is 36.4 Å². The van der Waals surface area contributed by atoms with E-state index in [4.69, 9.17) is 4.52 Å². The molecule has 2 aromatic carbocycles. The van der Waals surface area contributed by atoms with E-state index >= 15 is 0 Å². The maximum absolute atomic E-state index is 13.4. The third-order valence-corrected chi connectivity index (χ3v) is 5.38. The number of aromatic nitrogens is 4. The molecule has 9 nitrogen and oxygen atoms in total. The second-order valence-corrected chi connectivity index (χ2v) is 7.87. The topological polar surface area (TPSA) is 115 Å². The number of benzene rings is 2. The minimum absolute atomic E-state index is 0.0666. The fourth-order valence-electron chi connectivity index (χ4n) is 3.17. The molecule has 0 aliphatic heterocycles. The number of alkyl halides is 3. The summed E-state index contributed by atoms with van der Waals surface area (Å²) in [7, 11) is 0. The number of halogens is 4. The molecule has 176 valence electrons. The largest absolute Gasteiger partial charge is 0.449 e. The summed E-state index contributed by atoms with van der Waals surface area (Å²) in [6, 6.07) is 13.0. The lowest BCUT2D eigenvalue weighted by Gasteiger charge is -2.09. The van der Waals surface area contributed by atoms with Gasteiger partial charge in [-0.2, -0.15) is 18.2 Å². The Morgan fingerprint density at radius 1 is 0.971 bits per heavy atom. The number of rotatable bonds is 7. The monoisotopic (exact) mass is 536 g/mol. The molecule has 34 heavy (non-hydrogen) atoms. The average molecular weight is 537 g/mol. The van der Waals surface area contributed by atoms with Crippen LogP contribution in [0, 0.1) is 0 Å². The summed E-state index contributed by atoms with van der Waals surface area (Å²) < 4.78 is 46.8. The van der Waals surface area contributed by atoms with Crippen molar-refractivity contribution in [2.75, 3.05) is 13.1 Å². The number of carbonyl (C=O) groups excluding carboxylic acids is 2. The molecular formula is C21H16BrF3N6O3. The summed E-state index contributed by atoms with van der Waals surface area (Å²) in [4.78, 5) is 31.9. The van der Waals surface area contributed by atoms with Gasteiger partial charge in [-0.25, -0.2) is 4.98 Å². The average Bonchev–Trinajstić information content (AvgIpc) is 3.42. The number of hydrogen-bond acceptors (Lipinski definition) is 6. The Balaban J connectivity index is 1.37. The molecule has 2 amide bonds. The summed E-state index contributed by atoms with van der Waals surface area (Å²) in [5, 5.41) is 8.76. The van der Waals surface area contributed by atoms with Crippen molar-refractivity contribution in [2.24, 2.45) is 0 Å². The third kappa shape index (κ3) is 5.09. The molecule has 0 radical (unpaired) electrons. The molecule has 2 N–H and O–H groups in total. The van der Waals surface area contributed by atoms with Gasteiger partial charge >= 0.3 is 18.0 Å². The smallest absolute Gasteiger partial charge is 0.350 e. The van der Waals surface area contributed by atoms with Crippen LogP contribution in [0.1, 0.15) is 32.7 Å². The second-order valence-electron chi connectivity index (χ2n) is 7.02. The zero-order valence-electron chi connectivity index (χ0n) is 17.3. The zero-order valence-corrected chi connectivity index (χ0v) is 18.9. The van der Waals surface area contributed by atoms with Crippen LogP contribution in [0.15, 0.2) is 57.5 Å². The van der Waals surface area contributed by atoms with Crippen LogP contribution >= 0.6 is 15.9 Å². The van der Waals surface area contributed by atoms with Crippen LogP contribution in [0.2, 0.25) is 0 Å². The van der Waals surface area contributed by atoms with E-state index in [1.165, 1.54) is 12.1 Å². The number of fused-ring (bicyclic) bond motifs is 1. The quantitative estimate of drug-likeness (QED) is 0.350. The summed E-state index contributed by atoms with van der Waals surface area (Å²) >= 11 is 3.29. The Labute approximate surface area is 198 Å². The first-order chi connectivity index (χ1) is 16.2. The van der Waals surface area contributed by atoms with Gasteiger partial charge in [-0.3, -0.25) is 9.59 Å². The highest BCUT2D eigenvalue weighted by Crippen LogP contribution is 2.31. The van der Waals surface area contributed by atoms with Crippen LogP contribution < -0.4 is 10.6 Å². The van der Waals surface area contributed by atoms with Crippen LogP contribution in [0.4, 0.5) is 13.2 Å². The number of nitrogens with one attached hydrogen (secondary N) is 2. The lowest BCUT2D eigenvalue weighted by Crippen LogP contribution is -2.35. The van der Waals surface area contributed by atoms with Gasteiger partial charge in [0.25, 0.3) is 5.91 Å². The third-order valence-electron chi connectivity index (χ3n) is 4.68. The van der Waals surface area contributed by atoms with Crippen LogP contribution in [-0.4, -0.2) is 44.6 Å². The van der Waals surface area contributed by atoms with Gasteiger partial charge in [-0.05, 0) is 40.2 Å². The molecule has 0 fully saturated rings. The molecule has 0 atom stereocenters. The van der Waals surface area contributed by atoms with E-state index in [0.29, 0.717) is 10.0 Å². The molecule has 0 saturated carbocycles. The maximum atomic E-state index is 13.4. The van der Waals surface area contributed by atoms with Crippen molar-refractivity contribution in [1.29, 1.82) is 0 Å². The fraction of sp³-hybridized carbons (Fsp3) is 0.190. The van der Waals surface area contributed by atoms with Crippen LogP contribution in [0.5, 0.6) is 0 Å². The molecule has 0 aliphatic rings. The zero-order chi connectivity index (χ0) is 24.3. The fourth-order valence-corrected chi connectivity index (χ4v) is 3.64. The predicted molar refractivity (Wildman–Crippen MR) is 117 cm³/mol. The molecule has 0 bridgehead atoms. The van der Waals surface area contributed by atoms with Gasteiger partial charge in [-0.15, -0.1) is 0 Å². The van der Waals surface area contributed by atoms with E-state index in [2.05, 4.69) is 41.7 Å². The molecule has 4 aromatic rings.